The predicted molar refractivity (Wildman–Crippen MR) is 103 cm³/mol. The average molecular weight is 362 g/mol. The van der Waals surface area contributed by atoms with E-state index in [1.807, 2.05) is 59.4 Å². The number of aromatic nitrogens is 1. The molecule has 0 aliphatic carbocycles. The summed E-state index contributed by atoms with van der Waals surface area (Å²) in [6.45, 7) is 0.666. The third-order valence-electron chi connectivity index (χ3n) is 4.15. The van der Waals surface area contributed by atoms with Gasteiger partial charge >= 0.3 is 5.97 Å². The van der Waals surface area contributed by atoms with Crippen LogP contribution in [-0.2, 0) is 6.54 Å². The van der Waals surface area contributed by atoms with Crippen molar-refractivity contribution in [2.75, 3.05) is 7.11 Å². The highest BCUT2D eigenvalue weighted by Crippen LogP contribution is 2.27. The number of aromatic hydroxyl groups is 1. The number of methoxy groups -OCH3 is 1. The van der Waals surface area contributed by atoms with Crippen molar-refractivity contribution in [1.82, 2.24) is 0 Å². The van der Waals surface area contributed by atoms with Crippen LogP contribution >= 0.6 is 0 Å². The Labute approximate surface area is 157 Å². The van der Waals surface area contributed by atoms with Gasteiger partial charge in [-0.2, -0.15) is 0 Å². The van der Waals surface area contributed by atoms with Crippen LogP contribution in [0.25, 0.3) is 12.2 Å². The van der Waals surface area contributed by atoms with Crippen molar-refractivity contribution in [2.45, 2.75) is 6.54 Å². The molecule has 2 aromatic carbocycles. The number of carboxylic acid groups (broad SMARTS) is 1. The summed E-state index contributed by atoms with van der Waals surface area (Å²) in [5.41, 5.74) is 3.29. The summed E-state index contributed by atoms with van der Waals surface area (Å²) in [6.07, 6.45) is 7.88. The number of carboxylic acids is 1. The Bertz CT molecular complexity index is 961. The molecule has 1 aromatic heterocycles. The fraction of sp³-hybridized carbons (Fsp3) is 0.0909. The van der Waals surface area contributed by atoms with E-state index in [0.717, 1.165) is 16.7 Å². The molecule has 1 heterocycles. The van der Waals surface area contributed by atoms with E-state index >= 15 is 0 Å². The van der Waals surface area contributed by atoms with Crippen molar-refractivity contribution in [2.24, 2.45) is 0 Å². The zero-order chi connectivity index (χ0) is 19.2. The summed E-state index contributed by atoms with van der Waals surface area (Å²) in [4.78, 5) is 10.9. The third kappa shape index (κ3) is 4.73. The molecule has 5 nitrogen and oxygen atoms in total. The zero-order valence-electron chi connectivity index (χ0n) is 14.9. The fourth-order valence-electron chi connectivity index (χ4n) is 2.64. The van der Waals surface area contributed by atoms with Gasteiger partial charge in [-0.25, -0.2) is 9.36 Å². The summed E-state index contributed by atoms with van der Waals surface area (Å²) in [7, 11) is 1.52. The first kappa shape index (κ1) is 18.2. The molecular weight excluding hydrogens is 342 g/mol. The topological polar surface area (TPSA) is 70.6 Å². The molecule has 5 heteroatoms. The number of aromatic carboxylic acids is 1. The van der Waals surface area contributed by atoms with Crippen molar-refractivity contribution in [3.8, 4) is 11.5 Å². The summed E-state index contributed by atoms with van der Waals surface area (Å²) in [5, 5.41) is 18.6. The van der Waals surface area contributed by atoms with E-state index in [-0.39, 0.29) is 11.3 Å². The Morgan fingerprint density at radius 3 is 2.30 bits per heavy atom. The van der Waals surface area contributed by atoms with Gasteiger partial charge in [-0.3, -0.25) is 0 Å². The lowest BCUT2D eigenvalue weighted by molar-refractivity contribution is -0.688. The fourth-order valence-corrected chi connectivity index (χ4v) is 2.64. The van der Waals surface area contributed by atoms with Crippen molar-refractivity contribution in [1.29, 1.82) is 0 Å². The molecule has 0 unspecified atom stereocenters. The van der Waals surface area contributed by atoms with Gasteiger partial charge in [0.05, 0.1) is 12.7 Å². The van der Waals surface area contributed by atoms with Gasteiger partial charge in [0.15, 0.2) is 30.4 Å². The Morgan fingerprint density at radius 1 is 1.00 bits per heavy atom. The average Bonchev–Trinajstić information content (AvgIpc) is 2.69. The van der Waals surface area contributed by atoms with Gasteiger partial charge in [-0.1, -0.05) is 30.4 Å². The van der Waals surface area contributed by atoms with Gasteiger partial charge in [0, 0.05) is 17.7 Å². The Kier molecular flexibility index (Phi) is 5.52. The second-order valence-electron chi connectivity index (χ2n) is 6.07. The molecule has 2 N–H and O–H groups in total. The predicted octanol–water partition coefficient (Wildman–Crippen LogP) is 3.61. The van der Waals surface area contributed by atoms with Crippen LogP contribution in [0.4, 0.5) is 0 Å². The molecule has 0 fully saturated rings. The first-order chi connectivity index (χ1) is 13.0. The van der Waals surface area contributed by atoms with Crippen LogP contribution in [0.1, 0.15) is 27.0 Å². The molecule has 0 amide bonds. The van der Waals surface area contributed by atoms with Crippen LogP contribution in [0, 0.1) is 0 Å². The molecule has 136 valence electrons. The number of phenols is 1. The Balaban J connectivity index is 1.67. The standard InChI is InChI=1S/C22H19NO4/c1-27-21-14-17(6-9-20(21)24)3-2-16-10-12-23(13-11-16)15-18-4-7-19(8-5-18)22(25)26/h2-14H,15H2,1H3,(H,25,26)/p+1. The van der Waals surface area contributed by atoms with Crippen LogP contribution in [-0.4, -0.2) is 23.3 Å². The van der Waals surface area contributed by atoms with Crippen molar-refractivity contribution >= 4 is 18.1 Å². The number of phenolic OH excluding ortho intramolecular Hbond substituents is 1. The van der Waals surface area contributed by atoms with Gasteiger partial charge in [0.1, 0.15) is 0 Å². The maximum absolute atomic E-state index is 10.9. The minimum atomic E-state index is -0.920. The van der Waals surface area contributed by atoms with Crippen LogP contribution in [0.3, 0.4) is 0 Å². The number of hydrogen-bond acceptors (Lipinski definition) is 3. The second-order valence-corrected chi connectivity index (χ2v) is 6.07. The number of pyridine rings is 1. The minimum absolute atomic E-state index is 0.117. The monoisotopic (exact) mass is 362 g/mol. The summed E-state index contributed by atoms with van der Waals surface area (Å²) in [6, 6.07) is 16.1. The van der Waals surface area contributed by atoms with E-state index in [1.165, 1.54) is 7.11 Å². The van der Waals surface area contributed by atoms with Gasteiger partial charge in [0.2, 0.25) is 0 Å². The number of rotatable bonds is 6. The SMILES string of the molecule is COc1cc(/C=C\c2cc[n+](Cc3ccc(C(=O)O)cc3)cc2)ccc1O. The van der Waals surface area contributed by atoms with Gasteiger partial charge in [0.25, 0.3) is 0 Å². The summed E-state index contributed by atoms with van der Waals surface area (Å²) < 4.78 is 7.14. The molecule has 0 radical (unpaired) electrons. The van der Waals surface area contributed by atoms with E-state index in [1.54, 1.807) is 24.3 Å². The van der Waals surface area contributed by atoms with E-state index in [4.69, 9.17) is 9.84 Å². The number of carbonyl (C=O) groups is 1. The number of nitrogens with zero attached hydrogens (tertiary/aromatic N) is 1. The van der Waals surface area contributed by atoms with E-state index in [2.05, 4.69) is 0 Å². The Hall–Kier alpha value is -3.60. The smallest absolute Gasteiger partial charge is 0.335 e. The lowest BCUT2D eigenvalue weighted by Gasteiger charge is -2.03. The molecule has 0 saturated heterocycles. The molecular formula is C22H20NO4+. The lowest BCUT2D eigenvalue weighted by atomic mass is 10.1. The summed E-state index contributed by atoms with van der Waals surface area (Å²) in [5.74, 6) is -0.361. The van der Waals surface area contributed by atoms with Gasteiger partial charge in [-0.15, -0.1) is 0 Å². The molecule has 0 bridgehead atoms. The van der Waals surface area contributed by atoms with Crippen molar-refractivity contribution in [3.05, 3.63) is 89.2 Å². The summed E-state index contributed by atoms with van der Waals surface area (Å²) >= 11 is 0. The normalized spacial score (nSPS) is 10.9. The van der Waals surface area contributed by atoms with Crippen LogP contribution in [0.5, 0.6) is 11.5 Å². The number of hydrogen-bond donors (Lipinski definition) is 2. The van der Waals surface area contributed by atoms with Crippen LogP contribution in [0.2, 0.25) is 0 Å². The molecule has 3 aromatic rings. The minimum Gasteiger partial charge on any atom is -0.504 e. The highest BCUT2D eigenvalue weighted by Gasteiger charge is 2.06. The molecule has 0 atom stereocenters. The molecule has 27 heavy (non-hydrogen) atoms. The third-order valence-corrected chi connectivity index (χ3v) is 4.15. The van der Waals surface area contributed by atoms with Gasteiger partial charge < -0.3 is 14.9 Å². The first-order valence-corrected chi connectivity index (χ1v) is 8.41. The van der Waals surface area contributed by atoms with Crippen LogP contribution < -0.4 is 9.30 Å². The molecule has 0 aliphatic heterocycles. The second kappa shape index (κ2) is 8.19. The molecule has 0 aliphatic rings. The molecule has 0 saturated carbocycles. The quantitative estimate of drug-likeness (QED) is 0.657. The number of ether oxygens (including phenoxy) is 1. The van der Waals surface area contributed by atoms with E-state index < -0.39 is 5.97 Å². The van der Waals surface area contributed by atoms with E-state index in [0.29, 0.717) is 12.3 Å². The van der Waals surface area contributed by atoms with E-state index in [9.17, 15) is 9.90 Å². The maximum Gasteiger partial charge on any atom is 0.335 e. The van der Waals surface area contributed by atoms with Gasteiger partial charge in [-0.05, 0) is 35.4 Å². The highest BCUT2D eigenvalue weighted by molar-refractivity contribution is 5.87. The zero-order valence-corrected chi connectivity index (χ0v) is 14.9. The Morgan fingerprint density at radius 2 is 1.67 bits per heavy atom. The number of benzene rings is 2. The maximum atomic E-state index is 10.9. The lowest BCUT2D eigenvalue weighted by Crippen LogP contribution is -2.33. The molecule has 0 spiro atoms. The van der Waals surface area contributed by atoms with Crippen molar-refractivity contribution < 1.29 is 24.3 Å². The largest absolute Gasteiger partial charge is 0.504 e. The van der Waals surface area contributed by atoms with Crippen molar-refractivity contribution in [3.63, 3.8) is 0 Å². The first-order valence-electron chi connectivity index (χ1n) is 8.41. The molecule has 3 rings (SSSR count). The van der Waals surface area contributed by atoms with Crippen LogP contribution in [0.15, 0.2) is 67.0 Å². The highest BCUT2D eigenvalue weighted by atomic mass is 16.5.